The van der Waals surface area contributed by atoms with Gasteiger partial charge in [-0.1, -0.05) is 54.6 Å². The summed E-state index contributed by atoms with van der Waals surface area (Å²) in [5.74, 6) is -1.87. The van der Waals surface area contributed by atoms with Crippen LogP contribution < -0.4 is 23.7 Å². The van der Waals surface area contributed by atoms with Gasteiger partial charge in [-0.15, -0.1) is 0 Å². The maximum absolute atomic E-state index is 14.0. The summed E-state index contributed by atoms with van der Waals surface area (Å²) in [5, 5.41) is 10.4. The fraction of sp³-hybridized carbons (Fsp3) is 0.235. The minimum atomic E-state index is -1.01. The molecular formula is C34H30O8. The molecule has 42 heavy (non-hydrogen) atoms. The Morgan fingerprint density at radius 3 is 1.90 bits per heavy atom. The molecule has 0 amide bonds. The lowest BCUT2D eigenvalue weighted by Gasteiger charge is -2.49. The molecule has 1 N–H and O–H groups in total. The Bertz CT molecular complexity index is 1570. The molecule has 214 valence electrons. The van der Waals surface area contributed by atoms with Crippen molar-refractivity contribution in [1.82, 2.24) is 0 Å². The smallest absolute Gasteiger partial charge is 0.315 e. The zero-order valence-corrected chi connectivity index (χ0v) is 23.2. The van der Waals surface area contributed by atoms with Crippen molar-refractivity contribution in [1.29, 1.82) is 0 Å². The quantitative estimate of drug-likeness (QED) is 0.206. The first kappa shape index (κ1) is 27.2. The summed E-state index contributed by atoms with van der Waals surface area (Å²) in [5.41, 5.74) is 3.00. The average Bonchev–Trinajstić information content (AvgIpc) is 3.00. The van der Waals surface area contributed by atoms with E-state index in [9.17, 15) is 14.7 Å². The number of carboxylic acid groups (broad SMARTS) is 1. The van der Waals surface area contributed by atoms with Gasteiger partial charge in [-0.2, -0.15) is 0 Å². The van der Waals surface area contributed by atoms with Gasteiger partial charge < -0.3 is 28.8 Å². The third-order valence-corrected chi connectivity index (χ3v) is 8.03. The highest BCUT2D eigenvalue weighted by Crippen LogP contribution is 2.60. The SMILES string of the molecule is COc1ccccc1[C@@H]1C(C(=O)O)[C@@H](c2ccccc2OC)C1C(=O)Oc1cccc(-c2ccc3c(c2)OCCO3)c1. The van der Waals surface area contributed by atoms with Gasteiger partial charge in [0.1, 0.15) is 30.5 Å². The first-order valence-corrected chi connectivity index (χ1v) is 13.7. The van der Waals surface area contributed by atoms with E-state index in [0.717, 1.165) is 11.1 Å². The molecule has 1 fully saturated rings. The van der Waals surface area contributed by atoms with E-state index in [0.29, 0.717) is 53.1 Å². The van der Waals surface area contributed by atoms with Crippen LogP contribution in [-0.4, -0.2) is 44.5 Å². The number of carbonyl (C=O) groups is 2. The van der Waals surface area contributed by atoms with Gasteiger partial charge in [0.25, 0.3) is 0 Å². The number of carboxylic acids is 1. The molecule has 2 atom stereocenters. The maximum Gasteiger partial charge on any atom is 0.315 e. The predicted molar refractivity (Wildman–Crippen MR) is 155 cm³/mol. The molecular weight excluding hydrogens is 536 g/mol. The van der Waals surface area contributed by atoms with E-state index in [4.69, 9.17) is 23.7 Å². The summed E-state index contributed by atoms with van der Waals surface area (Å²) >= 11 is 0. The molecule has 1 heterocycles. The van der Waals surface area contributed by atoms with Crippen molar-refractivity contribution >= 4 is 11.9 Å². The van der Waals surface area contributed by atoms with Gasteiger partial charge in [-0.3, -0.25) is 9.59 Å². The van der Waals surface area contributed by atoms with Crippen molar-refractivity contribution in [3.05, 3.63) is 102 Å². The Kier molecular flexibility index (Phi) is 7.44. The van der Waals surface area contributed by atoms with Crippen LogP contribution in [0.3, 0.4) is 0 Å². The summed E-state index contributed by atoms with van der Waals surface area (Å²) in [6, 6.07) is 27.3. The monoisotopic (exact) mass is 566 g/mol. The molecule has 0 spiro atoms. The molecule has 4 aromatic carbocycles. The molecule has 0 saturated heterocycles. The molecule has 1 aliphatic heterocycles. The molecule has 1 saturated carbocycles. The molecule has 8 heteroatoms. The Morgan fingerprint density at radius 2 is 1.29 bits per heavy atom. The van der Waals surface area contributed by atoms with Crippen molar-refractivity contribution in [3.8, 4) is 39.9 Å². The number of fused-ring (bicyclic) bond motifs is 1. The Balaban J connectivity index is 1.36. The van der Waals surface area contributed by atoms with Crippen molar-refractivity contribution < 1.29 is 38.4 Å². The highest BCUT2D eigenvalue weighted by atomic mass is 16.6. The van der Waals surface area contributed by atoms with E-state index in [-0.39, 0.29) is 0 Å². The van der Waals surface area contributed by atoms with Gasteiger partial charge >= 0.3 is 11.9 Å². The molecule has 0 unspecified atom stereocenters. The average molecular weight is 567 g/mol. The number of methoxy groups -OCH3 is 2. The van der Waals surface area contributed by atoms with Crippen LogP contribution >= 0.6 is 0 Å². The van der Waals surface area contributed by atoms with Gasteiger partial charge in [-0.25, -0.2) is 0 Å². The number of esters is 1. The van der Waals surface area contributed by atoms with Crippen LogP contribution in [0.2, 0.25) is 0 Å². The van der Waals surface area contributed by atoms with E-state index < -0.39 is 35.6 Å². The lowest BCUT2D eigenvalue weighted by atomic mass is 9.52. The second kappa shape index (κ2) is 11.5. The first-order valence-electron chi connectivity index (χ1n) is 13.7. The third kappa shape index (κ3) is 4.89. The normalized spacial score (nSPS) is 20.6. The summed E-state index contributed by atoms with van der Waals surface area (Å²) in [6.07, 6.45) is 0. The number of hydrogen-bond acceptors (Lipinski definition) is 7. The highest BCUT2D eigenvalue weighted by Gasteiger charge is 2.60. The van der Waals surface area contributed by atoms with Gasteiger partial charge in [0.2, 0.25) is 0 Å². The zero-order chi connectivity index (χ0) is 29.2. The van der Waals surface area contributed by atoms with Crippen LogP contribution in [0.25, 0.3) is 11.1 Å². The van der Waals surface area contributed by atoms with Crippen LogP contribution in [0.5, 0.6) is 28.7 Å². The molecule has 1 aliphatic carbocycles. The summed E-state index contributed by atoms with van der Waals surface area (Å²) in [4.78, 5) is 26.8. The largest absolute Gasteiger partial charge is 0.496 e. The second-order valence-corrected chi connectivity index (χ2v) is 10.2. The molecule has 0 aromatic heterocycles. The summed E-state index contributed by atoms with van der Waals surface area (Å²) in [7, 11) is 3.06. The highest BCUT2D eigenvalue weighted by molar-refractivity contribution is 5.86. The number of rotatable bonds is 8. The fourth-order valence-corrected chi connectivity index (χ4v) is 6.15. The minimum absolute atomic E-state index is 0.351. The van der Waals surface area contributed by atoms with Crippen LogP contribution in [0.1, 0.15) is 23.0 Å². The Hall–Kier alpha value is -4.98. The van der Waals surface area contributed by atoms with Crippen LogP contribution in [0.4, 0.5) is 0 Å². The van der Waals surface area contributed by atoms with Crippen LogP contribution in [0.15, 0.2) is 91.0 Å². The third-order valence-electron chi connectivity index (χ3n) is 8.03. The van der Waals surface area contributed by atoms with Gasteiger partial charge in [-0.05, 0) is 58.7 Å². The lowest BCUT2D eigenvalue weighted by molar-refractivity contribution is -0.158. The summed E-state index contributed by atoms with van der Waals surface area (Å²) in [6.45, 7) is 0.987. The zero-order valence-electron chi connectivity index (χ0n) is 23.2. The van der Waals surface area contributed by atoms with E-state index in [1.807, 2.05) is 54.6 Å². The van der Waals surface area contributed by atoms with E-state index in [1.165, 1.54) is 14.2 Å². The standard InChI is InChI=1S/C34H30O8/c1-38-25-12-5-3-10-23(25)29-31(33(35)36)30(24-11-4-6-13-26(24)39-2)32(29)34(37)42-22-9-7-8-20(18-22)21-14-15-27-28(19-21)41-17-16-40-27/h3-15,18-19,29-32H,16-17H2,1-2H3,(H,35,36)/t29-,30-,31?,32?/m1/s1. The van der Waals surface area contributed by atoms with E-state index in [2.05, 4.69) is 0 Å². The van der Waals surface area contributed by atoms with E-state index in [1.54, 1.807) is 36.4 Å². The van der Waals surface area contributed by atoms with Crippen LogP contribution in [0, 0.1) is 11.8 Å². The van der Waals surface area contributed by atoms with Gasteiger partial charge in [0, 0.05) is 11.8 Å². The molecule has 0 bridgehead atoms. The maximum atomic E-state index is 14.0. The molecule has 2 aliphatic rings. The van der Waals surface area contributed by atoms with Crippen LogP contribution in [-0.2, 0) is 9.59 Å². The Morgan fingerprint density at radius 1 is 0.690 bits per heavy atom. The number of benzene rings is 4. The predicted octanol–water partition coefficient (Wildman–Crippen LogP) is 5.95. The number of aliphatic carboxylic acids is 1. The topological polar surface area (TPSA) is 101 Å². The molecule has 4 aromatic rings. The van der Waals surface area contributed by atoms with Gasteiger partial charge in [0.15, 0.2) is 11.5 Å². The van der Waals surface area contributed by atoms with Crippen molar-refractivity contribution in [2.24, 2.45) is 11.8 Å². The van der Waals surface area contributed by atoms with Crippen molar-refractivity contribution in [3.63, 3.8) is 0 Å². The minimum Gasteiger partial charge on any atom is -0.496 e. The number of carbonyl (C=O) groups excluding carboxylic acids is 1. The Labute approximate surface area is 243 Å². The lowest BCUT2D eigenvalue weighted by Crippen LogP contribution is -2.52. The van der Waals surface area contributed by atoms with E-state index >= 15 is 0 Å². The van der Waals surface area contributed by atoms with Crippen molar-refractivity contribution in [2.45, 2.75) is 11.8 Å². The molecule has 8 nitrogen and oxygen atoms in total. The van der Waals surface area contributed by atoms with Gasteiger partial charge in [0.05, 0.1) is 26.1 Å². The summed E-state index contributed by atoms with van der Waals surface area (Å²) < 4.78 is 28.5. The molecule has 6 rings (SSSR count). The first-order chi connectivity index (χ1) is 20.5. The van der Waals surface area contributed by atoms with Crippen molar-refractivity contribution in [2.75, 3.05) is 27.4 Å². The fourth-order valence-electron chi connectivity index (χ4n) is 6.15. The second-order valence-electron chi connectivity index (χ2n) is 10.2. The number of hydrogen-bond donors (Lipinski definition) is 1. The number of para-hydroxylation sites is 2. The molecule has 0 radical (unpaired) electrons. The number of ether oxygens (including phenoxy) is 5.